The fourth-order valence-corrected chi connectivity index (χ4v) is 8.82. The van der Waals surface area contributed by atoms with E-state index in [4.69, 9.17) is 14.2 Å². The average Bonchev–Trinajstić information content (AvgIpc) is 3.41. The Morgan fingerprint density at radius 2 is 0.533 bits per heavy atom. The van der Waals surface area contributed by atoms with Crippen molar-refractivity contribution in [1.29, 1.82) is 0 Å². The molecule has 0 bridgehead atoms. The van der Waals surface area contributed by atoms with Crippen LogP contribution in [0.5, 0.6) is 0 Å². The molecule has 0 aromatic carbocycles. The smallest absolute Gasteiger partial charge is 0.306 e. The third-order valence-electron chi connectivity index (χ3n) is 13.6. The normalized spacial score (nSPS) is 12.7. The molecular formula is C69H118O6. The summed E-state index contributed by atoms with van der Waals surface area (Å²) in [6.45, 7) is 6.49. The van der Waals surface area contributed by atoms with E-state index in [-0.39, 0.29) is 31.1 Å². The number of esters is 3. The Balaban J connectivity index is 4.38. The zero-order valence-electron chi connectivity index (χ0n) is 49.3. The van der Waals surface area contributed by atoms with Gasteiger partial charge in [-0.1, -0.05) is 285 Å². The first-order valence-electron chi connectivity index (χ1n) is 31.7. The first kappa shape index (κ1) is 71.3. The van der Waals surface area contributed by atoms with Crippen LogP contribution in [0.15, 0.2) is 97.2 Å². The number of hydrogen-bond donors (Lipinski definition) is 0. The van der Waals surface area contributed by atoms with Gasteiger partial charge in [-0.25, -0.2) is 0 Å². The Hall–Kier alpha value is -3.67. The van der Waals surface area contributed by atoms with Gasteiger partial charge in [0.15, 0.2) is 6.10 Å². The number of allylic oxidation sites excluding steroid dienone is 16. The second-order valence-corrected chi connectivity index (χ2v) is 20.9. The summed E-state index contributed by atoms with van der Waals surface area (Å²) in [6, 6.07) is 0. The number of hydrogen-bond acceptors (Lipinski definition) is 6. The van der Waals surface area contributed by atoms with Gasteiger partial charge in [0.25, 0.3) is 0 Å². The van der Waals surface area contributed by atoms with Crippen LogP contribution < -0.4 is 0 Å². The summed E-state index contributed by atoms with van der Waals surface area (Å²) in [7, 11) is 0. The largest absolute Gasteiger partial charge is 0.462 e. The molecule has 1 atom stereocenters. The molecule has 0 spiro atoms. The minimum absolute atomic E-state index is 0.0876. The average molecular weight is 1040 g/mol. The highest BCUT2D eigenvalue weighted by molar-refractivity contribution is 5.71. The summed E-state index contributed by atoms with van der Waals surface area (Å²) in [4.78, 5) is 38.3. The van der Waals surface area contributed by atoms with E-state index in [0.29, 0.717) is 19.3 Å². The molecule has 0 aliphatic heterocycles. The van der Waals surface area contributed by atoms with Gasteiger partial charge in [0, 0.05) is 19.3 Å². The van der Waals surface area contributed by atoms with Crippen molar-refractivity contribution in [2.75, 3.05) is 13.2 Å². The lowest BCUT2D eigenvalue weighted by atomic mass is 10.0. The van der Waals surface area contributed by atoms with E-state index in [1.165, 1.54) is 128 Å². The number of unbranched alkanes of at least 4 members (excludes halogenated alkanes) is 30. The van der Waals surface area contributed by atoms with Gasteiger partial charge >= 0.3 is 17.9 Å². The van der Waals surface area contributed by atoms with E-state index >= 15 is 0 Å². The Bertz CT molecular complexity index is 1480. The molecule has 0 N–H and O–H groups in total. The van der Waals surface area contributed by atoms with E-state index in [1.54, 1.807) is 0 Å². The second-order valence-electron chi connectivity index (χ2n) is 20.9. The van der Waals surface area contributed by atoms with Crippen LogP contribution in [-0.2, 0) is 28.6 Å². The molecule has 0 saturated heterocycles. The van der Waals surface area contributed by atoms with Crippen molar-refractivity contribution < 1.29 is 28.6 Å². The highest BCUT2D eigenvalue weighted by Gasteiger charge is 2.19. The lowest BCUT2D eigenvalue weighted by Crippen LogP contribution is -2.30. The Kier molecular flexibility index (Phi) is 59.8. The summed E-state index contributed by atoms with van der Waals surface area (Å²) in [5.74, 6) is -0.904. The molecule has 6 nitrogen and oxygen atoms in total. The summed E-state index contributed by atoms with van der Waals surface area (Å²) in [5.41, 5.74) is 0. The van der Waals surface area contributed by atoms with Crippen molar-refractivity contribution in [2.24, 2.45) is 0 Å². The molecule has 0 amide bonds. The van der Waals surface area contributed by atoms with Crippen molar-refractivity contribution in [2.45, 2.75) is 309 Å². The first-order chi connectivity index (χ1) is 37.0. The topological polar surface area (TPSA) is 78.9 Å². The molecule has 75 heavy (non-hydrogen) atoms. The van der Waals surface area contributed by atoms with Crippen molar-refractivity contribution in [3.63, 3.8) is 0 Å². The van der Waals surface area contributed by atoms with Gasteiger partial charge in [0.2, 0.25) is 0 Å². The SMILES string of the molecule is CC/C=C\C/C=C\C/C=C\C/C=C\C/C=C\C/C=C\CCCCCCCCC(=O)OCC(COC(=O)CCCCCCC/C=C\C/C=C\CCCC)OC(=O)CCCCCCCCCCCCCCCCCCCC. The molecule has 0 rings (SSSR count). The molecule has 0 aromatic rings. The predicted molar refractivity (Wildman–Crippen MR) is 325 cm³/mol. The molecule has 0 heterocycles. The fourth-order valence-electron chi connectivity index (χ4n) is 8.82. The zero-order valence-corrected chi connectivity index (χ0v) is 49.3. The summed E-state index contributed by atoms with van der Waals surface area (Å²) < 4.78 is 16.9. The first-order valence-corrected chi connectivity index (χ1v) is 31.7. The van der Waals surface area contributed by atoms with Crippen LogP contribution >= 0.6 is 0 Å². The second kappa shape index (κ2) is 62.9. The lowest BCUT2D eigenvalue weighted by Gasteiger charge is -2.18. The van der Waals surface area contributed by atoms with Crippen LogP contribution in [0.1, 0.15) is 303 Å². The van der Waals surface area contributed by atoms with E-state index < -0.39 is 6.10 Å². The van der Waals surface area contributed by atoms with Crippen molar-refractivity contribution in [3.05, 3.63) is 97.2 Å². The molecule has 430 valence electrons. The summed E-state index contributed by atoms with van der Waals surface area (Å²) in [5, 5.41) is 0. The van der Waals surface area contributed by atoms with Crippen LogP contribution in [0, 0.1) is 0 Å². The van der Waals surface area contributed by atoms with Gasteiger partial charge in [0.05, 0.1) is 0 Å². The highest BCUT2D eigenvalue weighted by Crippen LogP contribution is 2.16. The minimum Gasteiger partial charge on any atom is -0.462 e. The zero-order chi connectivity index (χ0) is 54.3. The molecule has 0 fully saturated rings. The maximum atomic E-state index is 12.9. The van der Waals surface area contributed by atoms with Crippen LogP contribution in [-0.4, -0.2) is 37.2 Å². The molecule has 0 aliphatic rings. The third kappa shape index (κ3) is 61.1. The van der Waals surface area contributed by atoms with Gasteiger partial charge < -0.3 is 14.2 Å². The molecule has 0 aromatic heterocycles. The predicted octanol–water partition coefficient (Wildman–Crippen LogP) is 21.7. The number of ether oxygens (including phenoxy) is 3. The number of rotatable bonds is 57. The lowest BCUT2D eigenvalue weighted by molar-refractivity contribution is -0.167. The van der Waals surface area contributed by atoms with E-state index in [0.717, 1.165) is 135 Å². The maximum Gasteiger partial charge on any atom is 0.306 e. The van der Waals surface area contributed by atoms with Gasteiger partial charge in [-0.3, -0.25) is 14.4 Å². The quantitative estimate of drug-likeness (QED) is 0.0261. The molecular weight excluding hydrogens is 925 g/mol. The number of carbonyl (C=O) groups is 3. The van der Waals surface area contributed by atoms with Crippen molar-refractivity contribution >= 4 is 17.9 Å². The van der Waals surface area contributed by atoms with Crippen molar-refractivity contribution in [1.82, 2.24) is 0 Å². The minimum atomic E-state index is -0.790. The van der Waals surface area contributed by atoms with Gasteiger partial charge in [-0.2, -0.15) is 0 Å². The molecule has 0 aliphatic carbocycles. The molecule has 0 saturated carbocycles. The summed E-state index contributed by atoms with van der Waals surface area (Å²) in [6.07, 6.45) is 84.0. The van der Waals surface area contributed by atoms with Crippen LogP contribution in [0.4, 0.5) is 0 Å². The van der Waals surface area contributed by atoms with Crippen molar-refractivity contribution in [3.8, 4) is 0 Å². The molecule has 6 heteroatoms. The Morgan fingerprint density at radius 1 is 0.280 bits per heavy atom. The molecule has 1 unspecified atom stereocenters. The monoisotopic (exact) mass is 1040 g/mol. The molecule has 0 radical (unpaired) electrons. The van der Waals surface area contributed by atoms with Gasteiger partial charge in [0.1, 0.15) is 13.2 Å². The van der Waals surface area contributed by atoms with E-state index in [1.807, 2.05) is 0 Å². The maximum absolute atomic E-state index is 12.9. The number of carbonyl (C=O) groups excluding carboxylic acids is 3. The standard InChI is InChI=1S/C69H118O6/c1-4-7-10-13-16-19-22-25-28-30-32-33-34-35-36-37-38-40-41-44-47-50-53-56-59-62-68(71)74-65-66(64-73-67(70)61-58-55-52-49-46-43-27-24-21-18-15-12-9-6-3)75-69(72)63-60-57-54-51-48-45-42-39-31-29-26-23-20-17-14-11-8-5-2/h7,10,15-16,18-19,24-25,27-28,32-33,35-36,38,40,66H,4-6,8-9,11-14,17,20-23,26,29-31,34,37,39,41-65H2,1-3H3/b10-7-,18-15-,19-16-,27-24-,28-25-,33-32-,36-35-,40-38-. The van der Waals surface area contributed by atoms with Gasteiger partial charge in [-0.05, 0) is 96.3 Å². The highest BCUT2D eigenvalue weighted by atomic mass is 16.6. The van der Waals surface area contributed by atoms with Crippen LogP contribution in [0.3, 0.4) is 0 Å². The van der Waals surface area contributed by atoms with Crippen LogP contribution in [0.2, 0.25) is 0 Å². The third-order valence-corrected chi connectivity index (χ3v) is 13.6. The van der Waals surface area contributed by atoms with Crippen LogP contribution in [0.25, 0.3) is 0 Å². The van der Waals surface area contributed by atoms with Gasteiger partial charge in [-0.15, -0.1) is 0 Å². The van der Waals surface area contributed by atoms with E-state index in [9.17, 15) is 14.4 Å². The Labute approximate surface area is 464 Å². The summed E-state index contributed by atoms with van der Waals surface area (Å²) >= 11 is 0. The Morgan fingerprint density at radius 3 is 0.853 bits per heavy atom. The fraction of sp³-hybridized carbons (Fsp3) is 0.725. The van der Waals surface area contributed by atoms with E-state index in [2.05, 4.69) is 118 Å².